The molecule has 2 N–H and O–H groups in total. The smallest absolute Gasteiger partial charge is 0.159 e. The highest BCUT2D eigenvalue weighted by Crippen LogP contribution is 2.19. The summed E-state index contributed by atoms with van der Waals surface area (Å²) in [5.74, 6) is -1.74. The number of nitrogens with two attached hydrogens (primary N) is 1. The summed E-state index contributed by atoms with van der Waals surface area (Å²) in [6, 6.07) is 10.6. The molecule has 0 aliphatic heterocycles. The van der Waals surface area contributed by atoms with Crippen molar-refractivity contribution >= 4 is 11.6 Å². The summed E-state index contributed by atoms with van der Waals surface area (Å²) >= 11 is 5.78. The summed E-state index contributed by atoms with van der Waals surface area (Å²) in [5, 5.41) is 0.653. The van der Waals surface area contributed by atoms with Crippen LogP contribution in [0.15, 0.2) is 42.5 Å². The highest BCUT2D eigenvalue weighted by molar-refractivity contribution is 6.30. The molecule has 2 rings (SSSR count). The summed E-state index contributed by atoms with van der Waals surface area (Å²) in [6.07, 6.45) is 0.544. The molecule has 1 unspecified atom stereocenters. The van der Waals surface area contributed by atoms with Gasteiger partial charge in [-0.15, -0.1) is 0 Å². The van der Waals surface area contributed by atoms with E-state index in [1.54, 1.807) is 12.1 Å². The number of rotatable bonds is 3. The van der Waals surface area contributed by atoms with Crippen LogP contribution in [-0.4, -0.2) is 0 Å². The lowest BCUT2D eigenvalue weighted by atomic mass is 9.99. The van der Waals surface area contributed by atoms with Crippen LogP contribution in [-0.2, 0) is 6.42 Å². The van der Waals surface area contributed by atoms with Crippen molar-refractivity contribution in [2.45, 2.75) is 12.5 Å². The first-order chi connectivity index (χ1) is 8.56. The molecule has 2 aromatic rings. The van der Waals surface area contributed by atoms with E-state index < -0.39 is 11.6 Å². The number of benzene rings is 2. The molecular weight excluding hydrogens is 256 g/mol. The second-order valence-corrected chi connectivity index (χ2v) is 4.55. The average molecular weight is 268 g/mol. The molecule has 18 heavy (non-hydrogen) atoms. The third-order valence-corrected chi connectivity index (χ3v) is 2.99. The van der Waals surface area contributed by atoms with Crippen LogP contribution in [0.5, 0.6) is 0 Å². The first kappa shape index (κ1) is 13.0. The molecule has 4 heteroatoms. The van der Waals surface area contributed by atoms with Crippen LogP contribution >= 0.6 is 11.6 Å². The molecule has 0 aliphatic rings. The Morgan fingerprint density at radius 3 is 2.28 bits per heavy atom. The Morgan fingerprint density at radius 2 is 1.67 bits per heavy atom. The van der Waals surface area contributed by atoms with Gasteiger partial charge in [-0.25, -0.2) is 8.78 Å². The number of halogens is 3. The summed E-state index contributed by atoms with van der Waals surface area (Å²) in [7, 11) is 0. The zero-order valence-electron chi connectivity index (χ0n) is 9.54. The lowest BCUT2D eigenvalue weighted by Crippen LogP contribution is -2.13. The van der Waals surface area contributed by atoms with Crippen LogP contribution in [0, 0.1) is 11.6 Å². The number of hydrogen-bond acceptors (Lipinski definition) is 1. The van der Waals surface area contributed by atoms with Crippen molar-refractivity contribution in [2.75, 3.05) is 0 Å². The predicted octanol–water partition coefficient (Wildman–Crippen LogP) is 3.86. The molecule has 2 aromatic carbocycles. The van der Waals surface area contributed by atoms with E-state index in [1.165, 1.54) is 6.07 Å². The Kier molecular flexibility index (Phi) is 3.94. The van der Waals surface area contributed by atoms with Crippen molar-refractivity contribution in [3.8, 4) is 0 Å². The van der Waals surface area contributed by atoms with Crippen molar-refractivity contribution in [1.82, 2.24) is 0 Å². The molecule has 0 fully saturated rings. The van der Waals surface area contributed by atoms with E-state index in [1.807, 2.05) is 12.1 Å². The Hall–Kier alpha value is -1.45. The van der Waals surface area contributed by atoms with E-state index in [0.717, 1.165) is 17.7 Å². The quantitative estimate of drug-likeness (QED) is 0.898. The molecule has 1 atom stereocenters. The average Bonchev–Trinajstić information content (AvgIpc) is 2.35. The molecule has 0 amide bonds. The molecule has 0 saturated heterocycles. The van der Waals surface area contributed by atoms with Crippen molar-refractivity contribution in [3.05, 3.63) is 70.2 Å². The van der Waals surface area contributed by atoms with Crippen LogP contribution in [0.2, 0.25) is 5.02 Å². The van der Waals surface area contributed by atoms with Crippen LogP contribution in [0.4, 0.5) is 8.78 Å². The largest absolute Gasteiger partial charge is 0.324 e. The zero-order chi connectivity index (χ0) is 13.1. The van der Waals surface area contributed by atoms with Crippen molar-refractivity contribution < 1.29 is 8.78 Å². The van der Waals surface area contributed by atoms with Gasteiger partial charge in [-0.2, -0.15) is 0 Å². The lowest BCUT2D eigenvalue weighted by molar-refractivity contribution is 0.505. The van der Waals surface area contributed by atoms with Gasteiger partial charge in [0.2, 0.25) is 0 Å². The van der Waals surface area contributed by atoms with E-state index in [-0.39, 0.29) is 6.04 Å². The summed E-state index contributed by atoms with van der Waals surface area (Å²) in [4.78, 5) is 0. The first-order valence-electron chi connectivity index (χ1n) is 5.51. The SMILES string of the molecule is NC(Cc1ccc(Cl)cc1)c1ccc(F)c(F)c1. The van der Waals surface area contributed by atoms with Gasteiger partial charge in [0.25, 0.3) is 0 Å². The monoisotopic (exact) mass is 267 g/mol. The van der Waals surface area contributed by atoms with Gasteiger partial charge in [-0.3, -0.25) is 0 Å². The standard InChI is InChI=1S/C14H12ClF2N/c15-11-4-1-9(2-5-11)7-14(18)10-3-6-12(16)13(17)8-10/h1-6,8,14H,7,18H2. The molecular formula is C14H12ClF2N. The van der Waals surface area contributed by atoms with E-state index in [4.69, 9.17) is 17.3 Å². The zero-order valence-corrected chi connectivity index (χ0v) is 10.3. The highest BCUT2D eigenvalue weighted by Gasteiger charge is 2.10. The van der Waals surface area contributed by atoms with Crippen LogP contribution in [0.3, 0.4) is 0 Å². The van der Waals surface area contributed by atoms with E-state index in [2.05, 4.69) is 0 Å². The third-order valence-electron chi connectivity index (χ3n) is 2.74. The minimum absolute atomic E-state index is 0.374. The van der Waals surface area contributed by atoms with Crippen molar-refractivity contribution in [1.29, 1.82) is 0 Å². The Balaban J connectivity index is 2.13. The minimum atomic E-state index is -0.876. The Bertz CT molecular complexity index is 540. The van der Waals surface area contributed by atoms with Crippen molar-refractivity contribution in [2.24, 2.45) is 5.73 Å². The molecule has 0 aliphatic carbocycles. The van der Waals surface area contributed by atoms with Gasteiger partial charge in [0.05, 0.1) is 0 Å². The molecule has 0 bridgehead atoms. The van der Waals surface area contributed by atoms with Gasteiger partial charge in [-0.1, -0.05) is 29.8 Å². The van der Waals surface area contributed by atoms with E-state index in [0.29, 0.717) is 17.0 Å². The maximum Gasteiger partial charge on any atom is 0.159 e. The summed E-state index contributed by atoms with van der Waals surface area (Å²) in [6.45, 7) is 0. The molecule has 0 heterocycles. The summed E-state index contributed by atoms with van der Waals surface area (Å²) < 4.78 is 25.9. The lowest BCUT2D eigenvalue weighted by Gasteiger charge is -2.12. The predicted molar refractivity (Wildman–Crippen MR) is 68.4 cm³/mol. The topological polar surface area (TPSA) is 26.0 Å². The minimum Gasteiger partial charge on any atom is -0.324 e. The third kappa shape index (κ3) is 3.06. The van der Waals surface area contributed by atoms with Gasteiger partial charge in [-0.05, 0) is 41.8 Å². The normalized spacial score (nSPS) is 12.4. The molecule has 94 valence electrons. The summed E-state index contributed by atoms with van der Waals surface area (Å²) in [5.41, 5.74) is 7.53. The molecule has 0 aromatic heterocycles. The molecule has 0 radical (unpaired) electrons. The van der Waals surface area contributed by atoms with Gasteiger partial charge < -0.3 is 5.73 Å². The molecule has 0 spiro atoms. The van der Waals surface area contributed by atoms with Crippen LogP contribution in [0.1, 0.15) is 17.2 Å². The maximum absolute atomic E-state index is 13.1. The maximum atomic E-state index is 13.1. The molecule has 0 saturated carbocycles. The Labute approximate surface area is 109 Å². The fourth-order valence-corrected chi connectivity index (χ4v) is 1.86. The Morgan fingerprint density at radius 1 is 1.00 bits per heavy atom. The first-order valence-corrected chi connectivity index (χ1v) is 5.89. The highest BCUT2D eigenvalue weighted by atomic mass is 35.5. The second kappa shape index (κ2) is 5.46. The number of hydrogen-bond donors (Lipinski definition) is 1. The van der Waals surface area contributed by atoms with Crippen LogP contribution in [0.25, 0.3) is 0 Å². The van der Waals surface area contributed by atoms with Gasteiger partial charge in [0.1, 0.15) is 0 Å². The van der Waals surface area contributed by atoms with Gasteiger partial charge in [0.15, 0.2) is 11.6 Å². The fraction of sp³-hybridized carbons (Fsp3) is 0.143. The van der Waals surface area contributed by atoms with Gasteiger partial charge in [0, 0.05) is 11.1 Å². The van der Waals surface area contributed by atoms with Crippen molar-refractivity contribution in [3.63, 3.8) is 0 Å². The van der Waals surface area contributed by atoms with Crippen LogP contribution < -0.4 is 5.73 Å². The van der Waals surface area contributed by atoms with E-state index in [9.17, 15) is 8.78 Å². The van der Waals surface area contributed by atoms with Gasteiger partial charge >= 0.3 is 0 Å². The molecule has 1 nitrogen and oxygen atoms in total. The fourth-order valence-electron chi connectivity index (χ4n) is 1.74. The van der Waals surface area contributed by atoms with E-state index >= 15 is 0 Å². The second-order valence-electron chi connectivity index (χ2n) is 4.11.